The van der Waals surface area contributed by atoms with Crippen molar-refractivity contribution in [1.82, 2.24) is 4.83 Å². The molecule has 0 saturated carbocycles. The number of hydrogen-bond acceptors (Lipinski definition) is 2. The van der Waals surface area contributed by atoms with Crippen molar-refractivity contribution in [1.29, 1.82) is 0 Å². The molecule has 0 amide bonds. The fourth-order valence-corrected chi connectivity index (χ4v) is 5.12. The fourth-order valence-electron chi connectivity index (χ4n) is 2.53. The van der Waals surface area contributed by atoms with Crippen molar-refractivity contribution in [3.63, 3.8) is 0 Å². The van der Waals surface area contributed by atoms with Crippen molar-refractivity contribution in [2.75, 3.05) is 13.2 Å². The molecule has 0 unspecified atom stereocenters. The lowest BCUT2D eigenvalue weighted by Gasteiger charge is -2.35. The van der Waals surface area contributed by atoms with Crippen molar-refractivity contribution in [2.45, 2.75) is 13.8 Å². The van der Waals surface area contributed by atoms with Crippen LogP contribution in [0.2, 0.25) is 0 Å². The molecule has 0 radical (unpaired) electrons. The molecule has 1 aliphatic heterocycles. The summed E-state index contributed by atoms with van der Waals surface area (Å²) in [4.78, 5) is 7.53. The minimum atomic E-state index is -2.99. The van der Waals surface area contributed by atoms with Crippen LogP contribution >= 0.6 is 7.29 Å². The van der Waals surface area contributed by atoms with Gasteiger partial charge in [-0.1, -0.05) is 42.0 Å². The summed E-state index contributed by atoms with van der Waals surface area (Å²) >= 11 is 0. The van der Waals surface area contributed by atoms with Gasteiger partial charge < -0.3 is 0 Å². The van der Waals surface area contributed by atoms with Crippen molar-refractivity contribution in [2.24, 2.45) is 0 Å². The molecule has 3 nitrogen and oxygen atoms in total. The molecule has 1 heterocycles. The van der Waals surface area contributed by atoms with Crippen LogP contribution in [0.5, 0.6) is 0 Å². The van der Waals surface area contributed by atoms with Gasteiger partial charge in [0.05, 0.1) is 13.2 Å². The van der Waals surface area contributed by atoms with Crippen LogP contribution in [0, 0.1) is 0 Å². The first-order valence-electron chi connectivity index (χ1n) is 7.40. The van der Waals surface area contributed by atoms with Crippen LogP contribution in [-0.4, -0.2) is 18.0 Å². The van der Waals surface area contributed by atoms with Gasteiger partial charge in [0.2, 0.25) is 7.29 Å². The number of nitrogens with zero attached hydrogens (tertiary/aromatic N) is 1. The van der Waals surface area contributed by atoms with Gasteiger partial charge in [0, 0.05) is 10.6 Å². The molecule has 0 N–H and O–H groups in total. The Labute approximate surface area is 131 Å². The van der Waals surface area contributed by atoms with Gasteiger partial charge >= 0.3 is 0 Å². The van der Waals surface area contributed by atoms with Crippen LogP contribution in [0.3, 0.4) is 0 Å². The van der Waals surface area contributed by atoms with Gasteiger partial charge in [-0.15, -0.1) is 4.83 Å². The van der Waals surface area contributed by atoms with E-state index in [0.29, 0.717) is 13.2 Å². The molecule has 4 heteroatoms. The smallest absolute Gasteiger partial charge is 0.229 e. The van der Waals surface area contributed by atoms with Crippen LogP contribution in [0.1, 0.15) is 13.8 Å². The maximum absolute atomic E-state index is 14.0. The summed E-state index contributed by atoms with van der Waals surface area (Å²) < 4.78 is 14.0. The zero-order valence-electron chi connectivity index (χ0n) is 12.9. The van der Waals surface area contributed by atoms with Gasteiger partial charge in [0.25, 0.3) is 0 Å². The van der Waals surface area contributed by atoms with Gasteiger partial charge in [-0.3, -0.25) is 9.40 Å². The maximum Gasteiger partial charge on any atom is 0.229 e. The Hall–Kier alpha value is -1.67. The predicted octanol–water partition coefficient (Wildman–Crippen LogP) is 3.50. The van der Waals surface area contributed by atoms with Gasteiger partial charge in [-0.25, -0.2) is 0 Å². The molecule has 3 rings (SSSR count). The van der Waals surface area contributed by atoms with E-state index in [1.807, 2.05) is 60.7 Å². The summed E-state index contributed by atoms with van der Waals surface area (Å²) in [6, 6.07) is 19.2. The summed E-state index contributed by atoms with van der Waals surface area (Å²) in [5.74, 6) is 0. The minimum Gasteiger partial charge on any atom is -0.294 e. The van der Waals surface area contributed by atoms with E-state index in [-0.39, 0.29) is 0 Å². The second-order valence-electron chi connectivity index (χ2n) is 5.59. The Morgan fingerprint density at radius 2 is 1.36 bits per heavy atom. The van der Waals surface area contributed by atoms with Crippen molar-refractivity contribution in [3.05, 3.63) is 71.8 Å². The van der Waals surface area contributed by atoms with Crippen LogP contribution in [0.15, 0.2) is 71.8 Å². The standard InChI is InChI=1S/C18H20NO2P/c1-15-13-19(21-14-16(15)2)22(20,17-9-5-3-6-10-17)18-11-7-4-8-12-18/h3-12H,13-14H2,1-2H3. The average molecular weight is 313 g/mol. The van der Waals surface area contributed by atoms with E-state index in [4.69, 9.17) is 4.84 Å². The average Bonchev–Trinajstić information content (AvgIpc) is 2.58. The van der Waals surface area contributed by atoms with E-state index in [2.05, 4.69) is 13.8 Å². The van der Waals surface area contributed by atoms with Gasteiger partial charge in [-0.2, -0.15) is 0 Å². The second kappa shape index (κ2) is 6.21. The van der Waals surface area contributed by atoms with E-state index in [9.17, 15) is 4.57 Å². The first-order valence-corrected chi connectivity index (χ1v) is 9.06. The summed E-state index contributed by atoms with van der Waals surface area (Å²) in [6.45, 7) is 5.19. The first-order chi connectivity index (χ1) is 10.6. The highest BCUT2D eigenvalue weighted by atomic mass is 31.2. The molecule has 0 aliphatic carbocycles. The van der Waals surface area contributed by atoms with Crippen molar-refractivity contribution in [3.8, 4) is 0 Å². The summed E-state index contributed by atoms with van der Waals surface area (Å²) in [6.07, 6.45) is 0. The monoisotopic (exact) mass is 313 g/mol. The first kappa shape index (κ1) is 15.2. The largest absolute Gasteiger partial charge is 0.294 e. The van der Waals surface area contributed by atoms with E-state index in [1.54, 1.807) is 4.83 Å². The number of benzene rings is 2. The zero-order chi connectivity index (χ0) is 15.6. The highest BCUT2D eigenvalue weighted by Crippen LogP contribution is 2.49. The van der Waals surface area contributed by atoms with Crippen LogP contribution in [-0.2, 0) is 9.40 Å². The molecule has 22 heavy (non-hydrogen) atoms. The molecule has 1 aliphatic rings. The van der Waals surface area contributed by atoms with Crippen LogP contribution < -0.4 is 10.6 Å². The van der Waals surface area contributed by atoms with Crippen LogP contribution in [0.4, 0.5) is 0 Å². The van der Waals surface area contributed by atoms with E-state index in [1.165, 1.54) is 11.1 Å². The lowest BCUT2D eigenvalue weighted by molar-refractivity contribution is -0.0761. The Morgan fingerprint density at radius 3 is 1.82 bits per heavy atom. The quantitative estimate of drug-likeness (QED) is 0.641. The van der Waals surface area contributed by atoms with Gasteiger partial charge in [0.15, 0.2) is 0 Å². The third-order valence-electron chi connectivity index (χ3n) is 4.06. The molecule has 114 valence electrons. The maximum atomic E-state index is 14.0. The van der Waals surface area contributed by atoms with Crippen molar-refractivity contribution < 1.29 is 9.40 Å². The topological polar surface area (TPSA) is 29.5 Å². The van der Waals surface area contributed by atoms with Crippen LogP contribution in [0.25, 0.3) is 0 Å². The lowest BCUT2D eigenvalue weighted by atomic mass is 10.1. The lowest BCUT2D eigenvalue weighted by Crippen LogP contribution is -2.36. The van der Waals surface area contributed by atoms with Gasteiger partial charge in [0.1, 0.15) is 0 Å². The minimum absolute atomic E-state index is 0.496. The Morgan fingerprint density at radius 1 is 0.864 bits per heavy atom. The molecular weight excluding hydrogens is 293 g/mol. The normalized spacial score (nSPS) is 16.8. The molecule has 2 aromatic rings. The van der Waals surface area contributed by atoms with Gasteiger partial charge in [-0.05, 0) is 43.7 Å². The Balaban J connectivity index is 2.11. The number of hydroxylamine groups is 1. The molecule has 0 atom stereocenters. The third-order valence-corrected chi connectivity index (χ3v) is 6.94. The van der Waals surface area contributed by atoms with E-state index < -0.39 is 7.29 Å². The Kier molecular flexibility index (Phi) is 4.30. The SMILES string of the molecule is CC1=C(C)CN(P(=O)(c2ccccc2)c2ccccc2)OC1. The molecule has 0 aromatic heterocycles. The molecule has 0 fully saturated rings. The molecular formula is C18H20NO2P. The number of rotatable bonds is 3. The van der Waals surface area contributed by atoms with E-state index in [0.717, 1.165) is 10.6 Å². The summed E-state index contributed by atoms with van der Waals surface area (Å²) in [5.41, 5.74) is 2.43. The molecule has 0 saturated heterocycles. The fraction of sp³-hybridized carbons (Fsp3) is 0.222. The zero-order valence-corrected chi connectivity index (χ0v) is 13.8. The molecule has 2 aromatic carbocycles. The summed E-state index contributed by atoms with van der Waals surface area (Å²) in [7, 11) is -2.99. The predicted molar refractivity (Wildman–Crippen MR) is 90.8 cm³/mol. The highest BCUT2D eigenvalue weighted by Gasteiger charge is 2.37. The highest BCUT2D eigenvalue weighted by molar-refractivity contribution is 7.76. The molecule has 0 spiro atoms. The molecule has 0 bridgehead atoms. The Bertz CT molecular complexity index is 682. The summed E-state index contributed by atoms with van der Waals surface area (Å²) in [5, 5.41) is 1.60. The number of hydrogen-bond donors (Lipinski definition) is 0. The van der Waals surface area contributed by atoms with Crippen molar-refractivity contribution >= 4 is 17.9 Å². The third kappa shape index (κ3) is 2.68. The van der Waals surface area contributed by atoms with E-state index >= 15 is 0 Å². The second-order valence-corrected chi connectivity index (χ2v) is 8.22.